The van der Waals surface area contributed by atoms with Crippen LogP contribution in [0.5, 0.6) is 17.2 Å². The molecule has 0 saturated carbocycles. The molecular weight excluding hydrogens is 667 g/mol. The van der Waals surface area contributed by atoms with E-state index >= 15 is 0 Å². The molecule has 2 aliphatic rings. The molecule has 1 atom stereocenters. The molecule has 2 aromatic heterocycles. The molecule has 0 saturated heterocycles. The van der Waals surface area contributed by atoms with Gasteiger partial charge in [0.2, 0.25) is 6.79 Å². The molecule has 0 bridgehead atoms. The third-order valence-electron chi connectivity index (χ3n) is 9.55. The van der Waals surface area contributed by atoms with Crippen LogP contribution in [-0.2, 0) is 13.5 Å². The van der Waals surface area contributed by atoms with Gasteiger partial charge in [0.15, 0.2) is 11.5 Å². The van der Waals surface area contributed by atoms with E-state index in [0.717, 1.165) is 60.9 Å². The van der Waals surface area contributed by atoms with Gasteiger partial charge in [0, 0.05) is 46.9 Å². The zero-order valence-corrected chi connectivity index (χ0v) is 29.6. The van der Waals surface area contributed by atoms with Crippen molar-refractivity contribution in [1.82, 2.24) is 14.3 Å². The molecule has 3 aromatic carbocycles. The Bertz CT molecular complexity index is 2180. The van der Waals surface area contributed by atoms with Crippen LogP contribution >= 0.6 is 23.2 Å². The van der Waals surface area contributed by atoms with E-state index < -0.39 is 5.97 Å². The van der Waals surface area contributed by atoms with Crippen molar-refractivity contribution >= 4 is 51.7 Å². The van der Waals surface area contributed by atoms with Gasteiger partial charge in [-0.1, -0.05) is 29.3 Å². The van der Waals surface area contributed by atoms with E-state index in [1.54, 1.807) is 4.90 Å². The number of anilines is 1. The molecule has 2 aliphatic heterocycles. The Morgan fingerprint density at radius 2 is 1.80 bits per heavy atom. The van der Waals surface area contributed by atoms with Gasteiger partial charge in [-0.25, -0.2) is 4.79 Å². The maximum Gasteiger partial charge on any atom is 0.335 e. The van der Waals surface area contributed by atoms with Gasteiger partial charge >= 0.3 is 5.97 Å². The topological polar surface area (TPSA) is 108 Å². The molecule has 0 spiro atoms. The van der Waals surface area contributed by atoms with Crippen molar-refractivity contribution in [3.8, 4) is 28.4 Å². The minimum absolute atomic E-state index is 0.00691. The normalized spacial score (nSPS) is 15.3. The van der Waals surface area contributed by atoms with Gasteiger partial charge in [0.1, 0.15) is 11.4 Å². The fourth-order valence-corrected chi connectivity index (χ4v) is 7.61. The molecule has 1 unspecified atom stereocenters. The molecule has 0 aliphatic carbocycles. The number of fused-ring (bicyclic) bond motifs is 4. The molecule has 12 heteroatoms. The smallest absolute Gasteiger partial charge is 0.335 e. The van der Waals surface area contributed by atoms with Crippen LogP contribution in [-0.4, -0.2) is 51.3 Å². The Morgan fingerprint density at radius 3 is 2.47 bits per heavy atom. The fourth-order valence-electron chi connectivity index (χ4n) is 7.25. The number of nitrogens with zero attached hydrogens (tertiary/aromatic N) is 4. The van der Waals surface area contributed by atoms with E-state index in [0.29, 0.717) is 47.4 Å². The lowest BCUT2D eigenvalue weighted by Crippen LogP contribution is -2.43. The third kappa shape index (κ3) is 5.38. The minimum atomic E-state index is -1.13. The summed E-state index contributed by atoms with van der Waals surface area (Å²) in [5.41, 5.74) is 8.07. The zero-order chi connectivity index (χ0) is 34.9. The van der Waals surface area contributed by atoms with Gasteiger partial charge in [-0.15, -0.1) is 0 Å². The maximum absolute atomic E-state index is 14.8. The first-order chi connectivity index (χ1) is 23.4. The van der Waals surface area contributed by atoms with Crippen LogP contribution in [0.1, 0.15) is 68.3 Å². The van der Waals surface area contributed by atoms with Gasteiger partial charge < -0.3 is 28.8 Å². The first-order valence-electron chi connectivity index (χ1n) is 16.1. The van der Waals surface area contributed by atoms with Crippen molar-refractivity contribution in [3.05, 3.63) is 85.8 Å². The lowest BCUT2D eigenvalue weighted by atomic mass is 9.98. The standard InChI is InChI=1S/C37H36Cl2N4O6/c1-18-12-24(13-19(2)32(18)39)47-11-7-8-25-26-9-10-27(38)31(30-21(4)40-41(6)22(30)5)33(26)43-20(3)16-42(36(44)34(25)43)28-14-23(37(45)46)15-29-35(28)49-17-48-29/h9-10,12-15,20H,7-8,11,16-17H2,1-6H3,(H,45,46). The maximum atomic E-state index is 14.8. The van der Waals surface area contributed by atoms with E-state index in [9.17, 15) is 14.7 Å². The number of aryl methyl sites for hydroxylation is 5. The number of benzene rings is 3. The number of hydrogen-bond donors (Lipinski definition) is 1. The summed E-state index contributed by atoms with van der Waals surface area (Å²) in [4.78, 5) is 28.5. The predicted octanol–water partition coefficient (Wildman–Crippen LogP) is 8.24. The Hall–Kier alpha value is -4.67. The number of carbonyl (C=O) groups excluding carboxylic acids is 1. The van der Waals surface area contributed by atoms with E-state index in [1.165, 1.54) is 12.1 Å². The van der Waals surface area contributed by atoms with E-state index in [-0.39, 0.29) is 30.9 Å². The number of ether oxygens (including phenoxy) is 3. The van der Waals surface area contributed by atoms with Crippen LogP contribution in [0.25, 0.3) is 22.0 Å². The number of halogens is 2. The summed E-state index contributed by atoms with van der Waals surface area (Å²) < 4.78 is 21.5. The highest BCUT2D eigenvalue weighted by Crippen LogP contribution is 2.48. The van der Waals surface area contributed by atoms with Crippen molar-refractivity contribution in [2.75, 3.05) is 24.8 Å². The molecule has 5 aromatic rings. The number of aromatic carboxylic acids is 1. The lowest BCUT2D eigenvalue weighted by Gasteiger charge is -2.34. The van der Waals surface area contributed by atoms with Crippen molar-refractivity contribution < 1.29 is 28.9 Å². The molecule has 1 amide bonds. The van der Waals surface area contributed by atoms with E-state index in [1.807, 2.05) is 70.6 Å². The Balaban J connectivity index is 1.37. The number of hydrogen-bond acceptors (Lipinski definition) is 6. The monoisotopic (exact) mass is 702 g/mol. The van der Waals surface area contributed by atoms with Gasteiger partial charge in [-0.05, 0) is 94.5 Å². The lowest BCUT2D eigenvalue weighted by molar-refractivity contribution is 0.0696. The highest BCUT2D eigenvalue weighted by atomic mass is 35.5. The van der Waals surface area contributed by atoms with Crippen LogP contribution < -0.4 is 19.1 Å². The van der Waals surface area contributed by atoms with E-state index in [4.69, 9.17) is 37.4 Å². The minimum Gasteiger partial charge on any atom is -0.494 e. The number of aromatic nitrogens is 3. The van der Waals surface area contributed by atoms with Crippen LogP contribution in [0.4, 0.5) is 5.69 Å². The summed E-state index contributed by atoms with van der Waals surface area (Å²) in [6.45, 7) is 10.5. The molecule has 0 radical (unpaired) electrons. The first kappa shape index (κ1) is 32.9. The van der Waals surface area contributed by atoms with Crippen molar-refractivity contribution in [2.24, 2.45) is 7.05 Å². The van der Waals surface area contributed by atoms with Crippen LogP contribution in [0, 0.1) is 27.7 Å². The van der Waals surface area contributed by atoms with Crippen molar-refractivity contribution in [3.63, 3.8) is 0 Å². The van der Waals surface area contributed by atoms with Gasteiger partial charge in [-0.2, -0.15) is 5.10 Å². The van der Waals surface area contributed by atoms with Gasteiger partial charge in [0.05, 0.1) is 34.1 Å². The summed E-state index contributed by atoms with van der Waals surface area (Å²) in [6, 6.07) is 10.4. The SMILES string of the molecule is Cc1cc(OCCCc2c3n(c4c(-c5c(C)nn(C)c5C)c(Cl)ccc24)C(C)CN(c2cc(C(=O)O)cc4c2OCO4)C3=O)cc(C)c1Cl. The molecule has 1 N–H and O–H groups in total. The highest BCUT2D eigenvalue weighted by molar-refractivity contribution is 6.35. The van der Waals surface area contributed by atoms with Crippen molar-refractivity contribution in [2.45, 2.75) is 53.5 Å². The number of carbonyl (C=O) groups is 2. The molecule has 0 fully saturated rings. The first-order valence-corrected chi connectivity index (χ1v) is 16.9. The second kappa shape index (κ2) is 12.3. The average molecular weight is 704 g/mol. The largest absolute Gasteiger partial charge is 0.494 e. The fraction of sp³-hybridized carbons (Fsp3) is 0.324. The van der Waals surface area contributed by atoms with E-state index in [2.05, 4.69) is 9.67 Å². The quantitative estimate of drug-likeness (QED) is 0.162. The third-order valence-corrected chi connectivity index (χ3v) is 10.5. The Morgan fingerprint density at radius 1 is 1.06 bits per heavy atom. The summed E-state index contributed by atoms with van der Waals surface area (Å²) >= 11 is 13.4. The van der Waals surface area contributed by atoms with Crippen LogP contribution in [0.3, 0.4) is 0 Å². The van der Waals surface area contributed by atoms with Crippen LogP contribution in [0.2, 0.25) is 10.0 Å². The zero-order valence-electron chi connectivity index (χ0n) is 28.1. The molecule has 4 heterocycles. The van der Waals surface area contributed by atoms with Crippen LogP contribution in [0.15, 0.2) is 36.4 Å². The number of rotatable bonds is 8. The van der Waals surface area contributed by atoms with Crippen molar-refractivity contribution in [1.29, 1.82) is 0 Å². The predicted molar refractivity (Wildman–Crippen MR) is 189 cm³/mol. The average Bonchev–Trinajstić information content (AvgIpc) is 3.73. The summed E-state index contributed by atoms with van der Waals surface area (Å²) in [7, 11) is 1.90. The molecule has 7 rings (SSSR count). The summed E-state index contributed by atoms with van der Waals surface area (Å²) in [6.07, 6.45) is 1.16. The second-order valence-electron chi connectivity index (χ2n) is 12.8. The second-order valence-corrected chi connectivity index (χ2v) is 13.6. The molecular formula is C37H36Cl2N4O6. The highest BCUT2D eigenvalue weighted by Gasteiger charge is 2.39. The number of carboxylic acids is 1. The van der Waals surface area contributed by atoms with Gasteiger partial charge in [-0.3, -0.25) is 9.48 Å². The van der Waals surface area contributed by atoms with Gasteiger partial charge in [0.25, 0.3) is 5.91 Å². The number of amides is 1. The molecule has 49 heavy (non-hydrogen) atoms. The Kier molecular flexibility index (Phi) is 8.27. The molecule has 10 nitrogen and oxygen atoms in total. The number of carboxylic acid groups (broad SMARTS) is 1. The Labute approximate surface area is 293 Å². The summed E-state index contributed by atoms with van der Waals surface area (Å²) in [5, 5.41) is 16.8. The molecule has 254 valence electrons. The summed E-state index contributed by atoms with van der Waals surface area (Å²) in [5.74, 6) is -0.00682.